The Kier molecular flexibility index (Phi) is 6.63. The molecule has 0 aromatic heterocycles. The average Bonchev–Trinajstić information content (AvgIpc) is 2.87. The van der Waals surface area contributed by atoms with E-state index < -0.39 is 35.6 Å². The van der Waals surface area contributed by atoms with E-state index >= 15 is 0 Å². The number of aliphatic imine (C=N–C) groups is 1. The molecule has 0 amide bonds. The molecule has 0 spiro atoms. The summed E-state index contributed by atoms with van der Waals surface area (Å²) in [6.45, 7) is 1.78. The number of esters is 2. The molecule has 4 atom stereocenters. The molecule has 0 N–H and O–H groups in total. The Morgan fingerprint density at radius 3 is 2.06 bits per heavy atom. The van der Waals surface area contributed by atoms with Crippen molar-refractivity contribution in [3.05, 3.63) is 77.0 Å². The van der Waals surface area contributed by atoms with Crippen LogP contribution in [0.4, 0.5) is 0 Å². The zero-order valence-corrected chi connectivity index (χ0v) is 19.6. The summed E-state index contributed by atoms with van der Waals surface area (Å²) in [5, 5.41) is 0. The first kappa shape index (κ1) is 23.4. The van der Waals surface area contributed by atoms with Crippen molar-refractivity contribution in [3.8, 4) is 5.75 Å². The number of rotatable bonds is 5. The third kappa shape index (κ3) is 4.02. The highest BCUT2D eigenvalue weighted by Gasteiger charge is 2.50. The second-order valence-electron chi connectivity index (χ2n) is 8.45. The van der Waals surface area contributed by atoms with Gasteiger partial charge >= 0.3 is 11.9 Å². The Labute approximate surface area is 198 Å². The first-order valence-corrected chi connectivity index (χ1v) is 11.1. The smallest absolute Gasteiger partial charge is 0.317 e. The quantitative estimate of drug-likeness (QED) is 0.496. The van der Waals surface area contributed by atoms with Crippen LogP contribution in [0.5, 0.6) is 5.75 Å². The fourth-order valence-corrected chi connectivity index (χ4v) is 5.07. The summed E-state index contributed by atoms with van der Waals surface area (Å²) >= 11 is 0. The molecule has 2 aromatic rings. The Hall–Kier alpha value is -3.74. The minimum atomic E-state index is -1.05. The van der Waals surface area contributed by atoms with E-state index in [9.17, 15) is 14.4 Å². The molecular weight excluding hydrogens is 434 g/mol. The van der Waals surface area contributed by atoms with E-state index in [-0.39, 0.29) is 5.78 Å². The van der Waals surface area contributed by atoms with Crippen LogP contribution < -0.4 is 4.74 Å². The number of hydrogen-bond acceptors (Lipinski definition) is 7. The van der Waals surface area contributed by atoms with Gasteiger partial charge in [0.25, 0.3) is 0 Å². The predicted octanol–water partition coefficient (Wildman–Crippen LogP) is 3.84. The molecule has 0 saturated heterocycles. The Morgan fingerprint density at radius 2 is 1.47 bits per heavy atom. The fourth-order valence-electron chi connectivity index (χ4n) is 5.07. The minimum Gasteiger partial charge on any atom is -0.497 e. The van der Waals surface area contributed by atoms with Crippen molar-refractivity contribution in [2.24, 2.45) is 16.8 Å². The minimum absolute atomic E-state index is 0.363. The van der Waals surface area contributed by atoms with Crippen LogP contribution in [-0.4, -0.2) is 44.8 Å². The summed E-state index contributed by atoms with van der Waals surface area (Å²) in [7, 11) is 4.18. The van der Waals surface area contributed by atoms with Crippen molar-refractivity contribution in [2.45, 2.75) is 25.2 Å². The highest BCUT2D eigenvalue weighted by molar-refractivity contribution is 6.14. The summed E-state index contributed by atoms with van der Waals surface area (Å²) < 4.78 is 15.4. The van der Waals surface area contributed by atoms with Crippen molar-refractivity contribution in [1.82, 2.24) is 0 Å². The lowest BCUT2D eigenvalue weighted by Crippen LogP contribution is -2.43. The molecule has 34 heavy (non-hydrogen) atoms. The van der Waals surface area contributed by atoms with Gasteiger partial charge in [-0.3, -0.25) is 19.4 Å². The van der Waals surface area contributed by atoms with Gasteiger partial charge in [-0.1, -0.05) is 42.5 Å². The summed E-state index contributed by atoms with van der Waals surface area (Å²) in [4.78, 5) is 44.5. The number of methoxy groups -OCH3 is 3. The maximum absolute atomic E-state index is 14.0. The fraction of sp³-hybridized carbons (Fsp3) is 0.333. The van der Waals surface area contributed by atoms with E-state index in [0.29, 0.717) is 29.2 Å². The van der Waals surface area contributed by atoms with E-state index in [0.717, 1.165) is 11.1 Å². The lowest BCUT2D eigenvalue weighted by Gasteiger charge is -2.39. The molecule has 0 radical (unpaired) electrons. The highest BCUT2D eigenvalue weighted by atomic mass is 16.5. The number of carbonyl (C=O) groups is 3. The number of benzene rings is 2. The molecule has 7 heteroatoms. The first-order valence-electron chi connectivity index (χ1n) is 11.1. The Morgan fingerprint density at radius 1 is 0.853 bits per heavy atom. The third-order valence-corrected chi connectivity index (χ3v) is 6.69. The van der Waals surface area contributed by atoms with Crippen molar-refractivity contribution in [3.63, 3.8) is 0 Å². The number of carbonyl (C=O) groups excluding carboxylic acids is 3. The van der Waals surface area contributed by atoms with Crippen molar-refractivity contribution < 1.29 is 28.6 Å². The number of ketones is 1. The standard InChI is InChI=1S/C27H27NO6/c1-15-21(26(30)33-3)22(17-8-6-5-7-9-17)24-20(28-15)14-19(23(25(24)29)27(31)34-4)16-10-12-18(32-2)13-11-16/h5-13,19,21-23H,14H2,1-4H3/t19-,21?,22-,23+/m1/s1. The van der Waals surface area contributed by atoms with E-state index in [1.807, 2.05) is 42.5 Å². The van der Waals surface area contributed by atoms with Gasteiger partial charge in [0.05, 0.1) is 21.3 Å². The number of allylic oxidation sites excluding steroid dienone is 2. The molecule has 0 bridgehead atoms. The van der Waals surface area contributed by atoms with Gasteiger partial charge in [-0.15, -0.1) is 0 Å². The lowest BCUT2D eigenvalue weighted by molar-refractivity contribution is -0.150. The van der Waals surface area contributed by atoms with Gasteiger partial charge in [0, 0.05) is 28.8 Å². The molecule has 2 aromatic carbocycles. The van der Waals surface area contributed by atoms with Crippen molar-refractivity contribution in [1.29, 1.82) is 0 Å². The number of hydrogen-bond donors (Lipinski definition) is 0. The lowest BCUT2D eigenvalue weighted by atomic mass is 9.65. The molecule has 4 rings (SSSR count). The molecule has 2 aliphatic rings. The average molecular weight is 462 g/mol. The monoisotopic (exact) mass is 461 g/mol. The van der Waals surface area contributed by atoms with Crippen LogP contribution in [0, 0.1) is 11.8 Å². The zero-order valence-electron chi connectivity index (χ0n) is 19.6. The second-order valence-corrected chi connectivity index (χ2v) is 8.45. The number of ether oxygens (including phenoxy) is 3. The molecule has 1 aliphatic carbocycles. The van der Waals surface area contributed by atoms with E-state index in [4.69, 9.17) is 19.2 Å². The van der Waals surface area contributed by atoms with Gasteiger partial charge in [0.1, 0.15) is 17.6 Å². The van der Waals surface area contributed by atoms with Crippen LogP contribution in [0.2, 0.25) is 0 Å². The second kappa shape index (κ2) is 9.63. The summed E-state index contributed by atoms with van der Waals surface area (Å²) in [6, 6.07) is 16.6. The normalized spacial score (nSPS) is 24.1. The molecule has 1 unspecified atom stereocenters. The summed E-state index contributed by atoms with van der Waals surface area (Å²) in [5.74, 6) is -3.62. The van der Waals surface area contributed by atoms with Crippen molar-refractivity contribution >= 4 is 23.4 Å². The maximum Gasteiger partial charge on any atom is 0.317 e. The molecule has 7 nitrogen and oxygen atoms in total. The Balaban J connectivity index is 1.88. The van der Waals surface area contributed by atoms with E-state index in [1.165, 1.54) is 14.2 Å². The van der Waals surface area contributed by atoms with Crippen LogP contribution in [0.3, 0.4) is 0 Å². The Bertz CT molecular complexity index is 1170. The van der Waals surface area contributed by atoms with Gasteiger partial charge < -0.3 is 14.2 Å². The molecule has 0 fully saturated rings. The van der Waals surface area contributed by atoms with Gasteiger partial charge in [-0.25, -0.2) is 0 Å². The molecule has 1 heterocycles. The molecular formula is C27H27NO6. The third-order valence-electron chi connectivity index (χ3n) is 6.69. The first-order chi connectivity index (χ1) is 16.4. The number of nitrogens with zero attached hydrogens (tertiary/aromatic N) is 1. The molecule has 176 valence electrons. The summed E-state index contributed by atoms with van der Waals surface area (Å²) in [5.41, 5.74) is 3.16. The van der Waals surface area contributed by atoms with Crippen LogP contribution in [0.25, 0.3) is 0 Å². The predicted molar refractivity (Wildman–Crippen MR) is 126 cm³/mol. The number of Topliss-reactive ketones (excluding diaryl/α,β-unsaturated/α-hetero) is 1. The topological polar surface area (TPSA) is 91.3 Å². The van der Waals surface area contributed by atoms with Crippen LogP contribution in [0.15, 0.2) is 70.9 Å². The van der Waals surface area contributed by atoms with Gasteiger partial charge in [-0.2, -0.15) is 0 Å². The summed E-state index contributed by atoms with van der Waals surface area (Å²) in [6.07, 6.45) is 0.363. The van der Waals surface area contributed by atoms with Gasteiger partial charge in [0.2, 0.25) is 0 Å². The van der Waals surface area contributed by atoms with Crippen LogP contribution in [0.1, 0.15) is 36.3 Å². The molecule has 1 aliphatic heterocycles. The molecule has 0 saturated carbocycles. The van der Waals surface area contributed by atoms with E-state index in [1.54, 1.807) is 26.2 Å². The van der Waals surface area contributed by atoms with Gasteiger partial charge in [-0.05, 0) is 36.6 Å². The van der Waals surface area contributed by atoms with Gasteiger partial charge in [0.15, 0.2) is 5.78 Å². The largest absolute Gasteiger partial charge is 0.497 e. The maximum atomic E-state index is 14.0. The SMILES string of the molecule is COC(=O)C1C(C)=NC2=C(C(=O)[C@@H](C(=O)OC)[C@@H](c3ccc(OC)cc3)C2)[C@@H]1c1ccccc1. The highest BCUT2D eigenvalue weighted by Crippen LogP contribution is 2.49. The zero-order chi connectivity index (χ0) is 24.4. The van der Waals surface area contributed by atoms with Crippen LogP contribution in [-0.2, 0) is 23.9 Å². The van der Waals surface area contributed by atoms with E-state index in [2.05, 4.69) is 0 Å². The van der Waals surface area contributed by atoms with Crippen molar-refractivity contribution in [2.75, 3.05) is 21.3 Å². The van der Waals surface area contributed by atoms with Crippen LogP contribution >= 0.6 is 0 Å².